The van der Waals surface area contributed by atoms with Crippen LogP contribution in [0.3, 0.4) is 0 Å². The third-order valence-corrected chi connectivity index (χ3v) is 3.20. The van der Waals surface area contributed by atoms with E-state index in [0.29, 0.717) is 5.41 Å². The first-order valence-corrected chi connectivity index (χ1v) is 5.08. The van der Waals surface area contributed by atoms with Crippen molar-refractivity contribution in [1.82, 2.24) is 10.2 Å². The lowest BCUT2D eigenvalue weighted by Gasteiger charge is -2.23. The van der Waals surface area contributed by atoms with Crippen LogP contribution >= 0.6 is 0 Å². The Morgan fingerprint density at radius 1 is 1.43 bits per heavy atom. The van der Waals surface area contributed by atoms with E-state index in [1.54, 1.807) is 4.90 Å². The zero-order chi connectivity index (χ0) is 10.3. The Bertz CT molecular complexity index is 286. The minimum atomic E-state index is -0.210. The standard InChI is InChI=1S/C10H16N2O2/c1-10(2)4-3-7(5-10)12-6-8(13)11-9(12)14/h7H,3-6H2,1-2H3,(H,11,13,14). The van der Waals surface area contributed by atoms with Crippen LogP contribution in [-0.2, 0) is 4.79 Å². The predicted octanol–water partition coefficient (Wildman–Crippen LogP) is 1.12. The molecule has 1 aliphatic carbocycles. The van der Waals surface area contributed by atoms with Gasteiger partial charge in [-0.25, -0.2) is 4.79 Å². The molecule has 0 spiro atoms. The summed E-state index contributed by atoms with van der Waals surface area (Å²) in [6, 6.07) is 0.0501. The van der Waals surface area contributed by atoms with Crippen LogP contribution in [0.5, 0.6) is 0 Å². The molecular weight excluding hydrogens is 180 g/mol. The highest BCUT2D eigenvalue weighted by Gasteiger charge is 2.39. The van der Waals surface area contributed by atoms with Crippen LogP contribution in [0, 0.1) is 5.41 Å². The summed E-state index contributed by atoms with van der Waals surface area (Å²) in [6.07, 6.45) is 3.16. The lowest BCUT2D eigenvalue weighted by atomic mass is 9.91. The van der Waals surface area contributed by atoms with Gasteiger partial charge in [0.15, 0.2) is 0 Å². The second-order valence-electron chi connectivity index (χ2n) is 5.04. The van der Waals surface area contributed by atoms with Gasteiger partial charge in [-0.05, 0) is 24.7 Å². The average Bonchev–Trinajstić information content (AvgIpc) is 2.55. The van der Waals surface area contributed by atoms with E-state index in [1.807, 2.05) is 0 Å². The largest absolute Gasteiger partial charge is 0.324 e. The molecule has 0 radical (unpaired) electrons. The Hall–Kier alpha value is -1.06. The van der Waals surface area contributed by atoms with Gasteiger partial charge in [0.1, 0.15) is 6.54 Å². The van der Waals surface area contributed by atoms with E-state index in [0.717, 1.165) is 19.3 Å². The van der Waals surface area contributed by atoms with Gasteiger partial charge >= 0.3 is 6.03 Å². The molecule has 1 saturated carbocycles. The van der Waals surface area contributed by atoms with Crippen molar-refractivity contribution in [3.05, 3.63) is 0 Å². The summed E-state index contributed by atoms with van der Waals surface area (Å²) in [7, 11) is 0. The maximum Gasteiger partial charge on any atom is 0.324 e. The van der Waals surface area contributed by atoms with Crippen molar-refractivity contribution >= 4 is 11.9 Å². The Morgan fingerprint density at radius 2 is 2.14 bits per heavy atom. The molecule has 0 aromatic carbocycles. The molecule has 1 atom stereocenters. The second-order valence-corrected chi connectivity index (χ2v) is 5.04. The number of amides is 3. The number of hydrogen-bond donors (Lipinski definition) is 1. The number of urea groups is 1. The van der Waals surface area contributed by atoms with Crippen LogP contribution in [-0.4, -0.2) is 29.4 Å². The van der Waals surface area contributed by atoms with E-state index < -0.39 is 0 Å². The topological polar surface area (TPSA) is 49.4 Å². The fraction of sp³-hybridized carbons (Fsp3) is 0.800. The Balaban J connectivity index is 2.04. The highest BCUT2D eigenvalue weighted by atomic mass is 16.2. The first-order chi connectivity index (χ1) is 6.48. The van der Waals surface area contributed by atoms with Crippen molar-refractivity contribution in [3.63, 3.8) is 0 Å². The molecule has 1 heterocycles. The Morgan fingerprint density at radius 3 is 2.57 bits per heavy atom. The number of rotatable bonds is 1. The zero-order valence-electron chi connectivity index (χ0n) is 8.67. The van der Waals surface area contributed by atoms with Gasteiger partial charge in [0, 0.05) is 6.04 Å². The first kappa shape index (κ1) is 9.49. The maximum absolute atomic E-state index is 11.4. The first-order valence-electron chi connectivity index (χ1n) is 5.08. The second kappa shape index (κ2) is 2.97. The monoisotopic (exact) mass is 196 g/mol. The van der Waals surface area contributed by atoms with Crippen LogP contribution < -0.4 is 5.32 Å². The van der Waals surface area contributed by atoms with Crippen molar-refractivity contribution < 1.29 is 9.59 Å². The molecule has 1 unspecified atom stereocenters. The fourth-order valence-electron chi connectivity index (χ4n) is 2.42. The molecular formula is C10H16N2O2. The van der Waals surface area contributed by atoms with Gasteiger partial charge in [-0.2, -0.15) is 0 Å². The van der Waals surface area contributed by atoms with Gasteiger partial charge in [-0.15, -0.1) is 0 Å². The minimum absolute atomic E-state index is 0.167. The maximum atomic E-state index is 11.4. The van der Waals surface area contributed by atoms with Crippen molar-refractivity contribution in [3.8, 4) is 0 Å². The van der Waals surface area contributed by atoms with Crippen molar-refractivity contribution in [2.24, 2.45) is 5.41 Å². The van der Waals surface area contributed by atoms with E-state index >= 15 is 0 Å². The third kappa shape index (κ3) is 1.61. The number of imide groups is 1. The molecule has 0 bridgehead atoms. The normalized spacial score (nSPS) is 31.0. The molecule has 14 heavy (non-hydrogen) atoms. The molecule has 1 aliphatic heterocycles. The number of carbonyl (C=O) groups excluding carboxylic acids is 2. The van der Waals surface area contributed by atoms with Crippen molar-refractivity contribution in [1.29, 1.82) is 0 Å². The molecule has 0 aromatic rings. The summed E-state index contributed by atoms with van der Waals surface area (Å²) in [6.45, 7) is 4.67. The predicted molar refractivity (Wildman–Crippen MR) is 51.7 cm³/mol. The molecule has 78 valence electrons. The molecule has 4 heteroatoms. The van der Waals surface area contributed by atoms with Gasteiger partial charge in [-0.3, -0.25) is 10.1 Å². The van der Waals surface area contributed by atoms with Gasteiger partial charge in [0.2, 0.25) is 5.91 Å². The van der Waals surface area contributed by atoms with Crippen LogP contribution in [0.2, 0.25) is 0 Å². The minimum Gasteiger partial charge on any atom is -0.312 e. The molecule has 1 N–H and O–H groups in total. The van der Waals surface area contributed by atoms with E-state index in [-0.39, 0.29) is 24.5 Å². The van der Waals surface area contributed by atoms with E-state index in [1.165, 1.54) is 0 Å². The quantitative estimate of drug-likeness (QED) is 0.639. The summed E-state index contributed by atoms with van der Waals surface area (Å²) in [4.78, 5) is 24.1. The fourth-order valence-corrected chi connectivity index (χ4v) is 2.42. The molecule has 0 aromatic heterocycles. The van der Waals surface area contributed by atoms with Gasteiger partial charge in [0.05, 0.1) is 0 Å². The Kier molecular flexibility index (Phi) is 2.01. The van der Waals surface area contributed by atoms with Crippen LogP contribution in [0.15, 0.2) is 0 Å². The number of hydrogen-bond acceptors (Lipinski definition) is 2. The zero-order valence-corrected chi connectivity index (χ0v) is 8.67. The number of nitrogens with zero attached hydrogens (tertiary/aromatic N) is 1. The SMILES string of the molecule is CC1(C)CCC(N2CC(=O)NC2=O)C1. The highest BCUT2D eigenvalue weighted by Crippen LogP contribution is 2.39. The van der Waals surface area contributed by atoms with E-state index in [4.69, 9.17) is 0 Å². The summed E-state index contributed by atoms with van der Waals surface area (Å²) in [5, 5.41) is 2.32. The molecule has 2 aliphatic rings. The van der Waals surface area contributed by atoms with Crippen molar-refractivity contribution in [2.45, 2.75) is 39.2 Å². The summed E-state index contributed by atoms with van der Waals surface area (Å²) in [5.41, 5.74) is 0.316. The number of nitrogens with one attached hydrogen (secondary N) is 1. The Labute approximate surface area is 83.6 Å². The van der Waals surface area contributed by atoms with Crippen LogP contribution in [0.1, 0.15) is 33.1 Å². The molecule has 4 nitrogen and oxygen atoms in total. The molecule has 1 saturated heterocycles. The molecule has 2 rings (SSSR count). The van der Waals surface area contributed by atoms with Crippen LogP contribution in [0.4, 0.5) is 4.79 Å². The summed E-state index contributed by atoms with van der Waals surface area (Å²) < 4.78 is 0. The average molecular weight is 196 g/mol. The highest BCUT2D eigenvalue weighted by molar-refractivity contribution is 6.02. The smallest absolute Gasteiger partial charge is 0.312 e. The van der Waals surface area contributed by atoms with E-state index in [2.05, 4.69) is 19.2 Å². The van der Waals surface area contributed by atoms with Crippen molar-refractivity contribution in [2.75, 3.05) is 6.54 Å². The molecule has 2 fully saturated rings. The lowest BCUT2D eigenvalue weighted by molar-refractivity contribution is -0.118. The third-order valence-electron chi connectivity index (χ3n) is 3.20. The van der Waals surface area contributed by atoms with Gasteiger partial charge in [-0.1, -0.05) is 13.8 Å². The number of carbonyl (C=O) groups is 2. The summed E-state index contributed by atoms with van der Waals surface area (Å²) in [5.74, 6) is -0.167. The van der Waals surface area contributed by atoms with Crippen LogP contribution in [0.25, 0.3) is 0 Å². The lowest BCUT2D eigenvalue weighted by Crippen LogP contribution is -2.36. The van der Waals surface area contributed by atoms with E-state index in [9.17, 15) is 9.59 Å². The van der Waals surface area contributed by atoms with Gasteiger partial charge in [0.25, 0.3) is 0 Å². The summed E-state index contributed by atoms with van der Waals surface area (Å²) >= 11 is 0. The molecule has 3 amide bonds. The van der Waals surface area contributed by atoms with Gasteiger partial charge < -0.3 is 4.90 Å².